The molecule has 0 amide bonds. The molecule has 0 radical (unpaired) electrons. The van der Waals surface area contributed by atoms with Gasteiger partial charge in [0.1, 0.15) is 0 Å². The molecule has 1 saturated heterocycles. The lowest BCUT2D eigenvalue weighted by Gasteiger charge is -2.22. The molecule has 2 nitrogen and oxygen atoms in total. The van der Waals surface area contributed by atoms with Crippen molar-refractivity contribution in [3.63, 3.8) is 0 Å². The van der Waals surface area contributed by atoms with Crippen molar-refractivity contribution >= 4 is 0 Å². The first-order valence-electron chi connectivity index (χ1n) is 6.03. The smallest absolute Gasteiger partial charge is 0.0406 e. The van der Waals surface area contributed by atoms with E-state index in [0.29, 0.717) is 0 Å². The van der Waals surface area contributed by atoms with Gasteiger partial charge in [-0.2, -0.15) is 0 Å². The zero-order valence-corrected chi connectivity index (χ0v) is 9.50. The minimum absolute atomic E-state index is 0.839. The summed E-state index contributed by atoms with van der Waals surface area (Å²) in [5.74, 6) is 0.839. The van der Waals surface area contributed by atoms with Gasteiger partial charge in [0.15, 0.2) is 0 Å². The number of pyridine rings is 1. The van der Waals surface area contributed by atoms with Crippen molar-refractivity contribution in [2.75, 3.05) is 13.1 Å². The molecule has 2 rings (SSSR count). The molecule has 2 heterocycles. The maximum Gasteiger partial charge on any atom is 0.0406 e. The van der Waals surface area contributed by atoms with Gasteiger partial charge in [-0.3, -0.25) is 4.98 Å². The Morgan fingerprint density at radius 1 is 1.33 bits per heavy atom. The number of aromatic nitrogens is 1. The summed E-state index contributed by atoms with van der Waals surface area (Å²) in [6.07, 6.45) is 6.87. The van der Waals surface area contributed by atoms with E-state index in [-0.39, 0.29) is 0 Å². The molecule has 1 N–H and O–H groups in total. The second-order valence-electron chi connectivity index (χ2n) is 4.41. The van der Waals surface area contributed by atoms with E-state index in [4.69, 9.17) is 0 Å². The van der Waals surface area contributed by atoms with E-state index in [1.165, 1.54) is 37.2 Å². The molecule has 1 aliphatic rings. The van der Waals surface area contributed by atoms with Gasteiger partial charge in [0.25, 0.3) is 0 Å². The monoisotopic (exact) mass is 204 g/mol. The van der Waals surface area contributed by atoms with Gasteiger partial charge in [0.2, 0.25) is 0 Å². The van der Waals surface area contributed by atoms with Crippen molar-refractivity contribution in [3.05, 3.63) is 29.6 Å². The first-order chi connectivity index (χ1) is 7.38. The number of nitrogens with one attached hydrogen (secondary N) is 1. The fourth-order valence-electron chi connectivity index (χ4n) is 2.17. The van der Waals surface area contributed by atoms with E-state index in [9.17, 15) is 0 Å². The summed E-state index contributed by atoms with van der Waals surface area (Å²) in [5.41, 5.74) is 2.60. The topological polar surface area (TPSA) is 24.9 Å². The van der Waals surface area contributed by atoms with Crippen LogP contribution in [0.3, 0.4) is 0 Å². The molecule has 1 fully saturated rings. The lowest BCUT2D eigenvalue weighted by molar-refractivity contribution is 0.370. The molecule has 0 aliphatic carbocycles. The Labute approximate surface area is 92.1 Å². The lowest BCUT2D eigenvalue weighted by atomic mass is 9.93. The Morgan fingerprint density at radius 3 is 2.73 bits per heavy atom. The summed E-state index contributed by atoms with van der Waals surface area (Å²) < 4.78 is 0. The highest BCUT2D eigenvalue weighted by molar-refractivity contribution is 5.14. The van der Waals surface area contributed by atoms with E-state index in [1.807, 2.05) is 6.20 Å². The second-order valence-corrected chi connectivity index (χ2v) is 4.41. The average Bonchev–Trinajstić information content (AvgIpc) is 2.31. The van der Waals surface area contributed by atoms with Crippen LogP contribution in [0.5, 0.6) is 0 Å². The third-order valence-electron chi connectivity index (χ3n) is 3.25. The van der Waals surface area contributed by atoms with E-state index >= 15 is 0 Å². The van der Waals surface area contributed by atoms with Crippen molar-refractivity contribution in [2.45, 2.75) is 32.6 Å². The predicted molar refractivity (Wildman–Crippen MR) is 62.9 cm³/mol. The van der Waals surface area contributed by atoms with Crippen molar-refractivity contribution in [1.29, 1.82) is 0 Å². The number of aryl methyl sites for hydroxylation is 1. The highest BCUT2D eigenvalue weighted by Gasteiger charge is 2.13. The van der Waals surface area contributed by atoms with Crippen molar-refractivity contribution in [2.24, 2.45) is 5.92 Å². The maximum absolute atomic E-state index is 4.52. The Hall–Kier alpha value is -0.890. The molecule has 0 atom stereocenters. The van der Waals surface area contributed by atoms with E-state index < -0.39 is 0 Å². The molecular weight excluding hydrogens is 184 g/mol. The van der Waals surface area contributed by atoms with E-state index in [1.54, 1.807) is 0 Å². The quantitative estimate of drug-likeness (QED) is 0.816. The van der Waals surface area contributed by atoms with Crippen LogP contribution in [0.2, 0.25) is 0 Å². The van der Waals surface area contributed by atoms with E-state index in [0.717, 1.165) is 18.8 Å². The van der Waals surface area contributed by atoms with Crippen molar-refractivity contribution < 1.29 is 0 Å². The molecule has 1 aromatic heterocycles. The SMILES string of the molecule is CCc1ccc(CC2CCNCC2)nc1. The second kappa shape index (κ2) is 5.26. The van der Waals surface area contributed by atoms with Gasteiger partial charge < -0.3 is 5.32 Å². The molecule has 0 saturated carbocycles. The van der Waals surface area contributed by atoms with Gasteiger partial charge >= 0.3 is 0 Å². The normalized spacial score (nSPS) is 17.9. The van der Waals surface area contributed by atoms with Crippen molar-refractivity contribution in [1.82, 2.24) is 10.3 Å². The molecule has 0 spiro atoms. The molecule has 2 heteroatoms. The zero-order chi connectivity index (χ0) is 10.5. The highest BCUT2D eigenvalue weighted by atomic mass is 14.9. The van der Waals surface area contributed by atoms with Gasteiger partial charge in [0.05, 0.1) is 0 Å². The van der Waals surface area contributed by atoms with E-state index in [2.05, 4.69) is 29.4 Å². The molecule has 1 aromatic rings. The number of hydrogen-bond donors (Lipinski definition) is 1. The fourth-order valence-corrected chi connectivity index (χ4v) is 2.17. The first kappa shape index (κ1) is 10.6. The molecule has 82 valence electrons. The third-order valence-corrected chi connectivity index (χ3v) is 3.25. The fraction of sp³-hybridized carbons (Fsp3) is 0.615. The summed E-state index contributed by atoms with van der Waals surface area (Å²) in [4.78, 5) is 4.52. The molecule has 1 aliphatic heterocycles. The summed E-state index contributed by atoms with van der Waals surface area (Å²) >= 11 is 0. The summed E-state index contributed by atoms with van der Waals surface area (Å²) in [6, 6.07) is 4.41. The Kier molecular flexibility index (Phi) is 3.73. The van der Waals surface area contributed by atoms with Gasteiger partial charge in [-0.05, 0) is 56.3 Å². The minimum Gasteiger partial charge on any atom is -0.317 e. The van der Waals surface area contributed by atoms with Crippen LogP contribution in [0.4, 0.5) is 0 Å². The molecular formula is C13H20N2. The Morgan fingerprint density at radius 2 is 2.13 bits per heavy atom. The maximum atomic E-state index is 4.52. The van der Waals surface area contributed by atoms with Gasteiger partial charge in [-0.15, -0.1) is 0 Å². The molecule has 15 heavy (non-hydrogen) atoms. The van der Waals surface area contributed by atoms with Crippen LogP contribution >= 0.6 is 0 Å². The minimum atomic E-state index is 0.839. The third kappa shape index (κ3) is 3.03. The molecule has 0 bridgehead atoms. The Bertz CT molecular complexity index is 286. The highest BCUT2D eigenvalue weighted by Crippen LogP contribution is 2.16. The summed E-state index contributed by atoms with van der Waals surface area (Å²) in [7, 11) is 0. The van der Waals surface area contributed by atoms with Gasteiger partial charge in [0, 0.05) is 11.9 Å². The molecule has 0 aromatic carbocycles. The van der Waals surface area contributed by atoms with Gasteiger partial charge in [-0.1, -0.05) is 13.0 Å². The largest absolute Gasteiger partial charge is 0.317 e. The van der Waals surface area contributed by atoms with Crippen LogP contribution in [0.25, 0.3) is 0 Å². The van der Waals surface area contributed by atoms with Crippen molar-refractivity contribution in [3.8, 4) is 0 Å². The lowest BCUT2D eigenvalue weighted by Crippen LogP contribution is -2.28. The predicted octanol–water partition coefficient (Wildman–Crippen LogP) is 2.19. The van der Waals surface area contributed by atoms with Crippen LogP contribution < -0.4 is 5.32 Å². The summed E-state index contributed by atoms with van der Waals surface area (Å²) in [6.45, 7) is 4.53. The number of hydrogen-bond acceptors (Lipinski definition) is 2. The molecule has 0 unspecified atom stereocenters. The average molecular weight is 204 g/mol. The van der Waals surface area contributed by atoms with Crippen LogP contribution in [-0.4, -0.2) is 18.1 Å². The Balaban J connectivity index is 1.91. The van der Waals surface area contributed by atoms with Crippen LogP contribution in [-0.2, 0) is 12.8 Å². The van der Waals surface area contributed by atoms with Crippen LogP contribution in [0.15, 0.2) is 18.3 Å². The van der Waals surface area contributed by atoms with Gasteiger partial charge in [-0.25, -0.2) is 0 Å². The standard InChI is InChI=1S/C13H20N2/c1-2-11-3-4-13(15-10-11)9-12-5-7-14-8-6-12/h3-4,10,12,14H,2,5-9H2,1H3. The zero-order valence-electron chi connectivity index (χ0n) is 9.50. The van der Waals surface area contributed by atoms with Crippen LogP contribution in [0.1, 0.15) is 31.0 Å². The number of nitrogens with zero attached hydrogens (tertiary/aromatic N) is 1. The number of piperidine rings is 1. The number of rotatable bonds is 3. The first-order valence-corrected chi connectivity index (χ1v) is 6.03. The van der Waals surface area contributed by atoms with Crippen LogP contribution in [0, 0.1) is 5.92 Å². The summed E-state index contributed by atoms with van der Waals surface area (Å²) in [5, 5.41) is 3.40.